The van der Waals surface area contributed by atoms with Crippen molar-refractivity contribution in [2.45, 2.75) is 77.9 Å². The summed E-state index contributed by atoms with van der Waals surface area (Å²) in [7, 11) is 0. The molecule has 7 unspecified atom stereocenters. The highest BCUT2D eigenvalue weighted by Crippen LogP contribution is 2.67. The highest BCUT2D eigenvalue weighted by molar-refractivity contribution is 5.89. The van der Waals surface area contributed by atoms with Gasteiger partial charge < -0.3 is 14.9 Å². The predicted octanol–water partition coefficient (Wildman–Crippen LogP) is 5.04. The maximum atomic E-state index is 8.51. The Morgan fingerprint density at radius 1 is 0.880 bits per heavy atom. The van der Waals surface area contributed by atoms with Crippen LogP contribution in [0.4, 0.5) is 0 Å². The molecular weight excluding hydrogens is 310 g/mol. The molecule has 1 heterocycles. The fourth-order valence-electron chi connectivity index (χ4n) is 8.35. The molecule has 5 aliphatic rings. The molecular formula is C22H35NO2. The third-order valence-corrected chi connectivity index (χ3v) is 9.81. The summed E-state index contributed by atoms with van der Waals surface area (Å²) in [5, 5.41) is 8.51. The molecule has 5 fully saturated rings. The van der Waals surface area contributed by atoms with Gasteiger partial charge in [-0.05, 0) is 74.0 Å². The predicted molar refractivity (Wildman–Crippen MR) is 98.6 cm³/mol. The number of rotatable bonds is 0. The molecule has 1 spiro atoms. The maximum absolute atomic E-state index is 8.51. The van der Waals surface area contributed by atoms with E-state index in [2.05, 4.69) is 20.8 Å². The van der Waals surface area contributed by atoms with Crippen molar-refractivity contribution in [2.75, 3.05) is 13.2 Å². The minimum absolute atomic E-state index is 0.226. The minimum Gasteiger partial charge on any atom is -0.347 e. The third kappa shape index (κ3) is 2.03. The van der Waals surface area contributed by atoms with Crippen LogP contribution in [-0.2, 0) is 9.47 Å². The standard InChI is InChI=1S/C22H35NO2/c1-14-16-5-4-15-17-6-7-19(23)21(17,3)9-8-18(15)20(16,2)10-11-22(14)24-12-13-25-22/h14-18,23H,4-13H2,1-3H3. The lowest BCUT2D eigenvalue weighted by Crippen LogP contribution is -2.59. The van der Waals surface area contributed by atoms with E-state index in [0.717, 1.165) is 55.4 Å². The number of ether oxygens (including phenoxy) is 2. The zero-order valence-electron chi connectivity index (χ0n) is 16.3. The highest BCUT2D eigenvalue weighted by atomic mass is 16.7. The van der Waals surface area contributed by atoms with E-state index in [9.17, 15) is 0 Å². The molecule has 5 rings (SSSR count). The topological polar surface area (TPSA) is 42.3 Å². The van der Waals surface area contributed by atoms with Crippen LogP contribution < -0.4 is 0 Å². The van der Waals surface area contributed by atoms with Gasteiger partial charge in [-0.2, -0.15) is 0 Å². The molecule has 0 aromatic rings. The molecule has 7 atom stereocenters. The van der Waals surface area contributed by atoms with Gasteiger partial charge in [0, 0.05) is 23.5 Å². The molecule has 4 saturated carbocycles. The van der Waals surface area contributed by atoms with Gasteiger partial charge in [-0.1, -0.05) is 20.8 Å². The van der Waals surface area contributed by atoms with Crippen molar-refractivity contribution >= 4 is 5.71 Å². The number of hydrogen-bond acceptors (Lipinski definition) is 3. The summed E-state index contributed by atoms with van der Waals surface area (Å²) >= 11 is 0. The molecule has 1 saturated heterocycles. The van der Waals surface area contributed by atoms with E-state index in [1.807, 2.05) is 0 Å². The van der Waals surface area contributed by atoms with E-state index in [0.29, 0.717) is 11.3 Å². The Bertz CT molecular complexity index is 583. The van der Waals surface area contributed by atoms with Gasteiger partial charge in [0.15, 0.2) is 5.79 Å². The summed E-state index contributed by atoms with van der Waals surface area (Å²) in [5.41, 5.74) is 1.74. The second-order valence-electron chi connectivity index (χ2n) is 10.3. The summed E-state index contributed by atoms with van der Waals surface area (Å²) in [4.78, 5) is 0. The van der Waals surface area contributed by atoms with E-state index in [-0.39, 0.29) is 11.2 Å². The monoisotopic (exact) mass is 345 g/mol. The molecule has 0 amide bonds. The Hall–Kier alpha value is -0.410. The Balaban J connectivity index is 1.45. The molecule has 0 aromatic heterocycles. The Labute approximate surface area is 152 Å². The smallest absolute Gasteiger partial charge is 0.171 e. The first-order chi connectivity index (χ1) is 11.9. The van der Waals surface area contributed by atoms with Gasteiger partial charge in [0.05, 0.1) is 13.2 Å². The number of fused-ring (bicyclic) bond motifs is 5. The van der Waals surface area contributed by atoms with Crippen LogP contribution in [0.3, 0.4) is 0 Å². The van der Waals surface area contributed by atoms with Crippen molar-refractivity contribution in [1.82, 2.24) is 0 Å². The van der Waals surface area contributed by atoms with Crippen LogP contribution in [-0.4, -0.2) is 24.7 Å². The van der Waals surface area contributed by atoms with Gasteiger partial charge in [-0.15, -0.1) is 0 Å². The molecule has 1 aliphatic heterocycles. The van der Waals surface area contributed by atoms with Gasteiger partial charge in [0.25, 0.3) is 0 Å². The zero-order chi connectivity index (χ0) is 17.4. The highest BCUT2D eigenvalue weighted by Gasteiger charge is 2.63. The van der Waals surface area contributed by atoms with Gasteiger partial charge in [-0.25, -0.2) is 0 Å². The quantitative estimate of drug-likeness (QED) is 0.668. The van der Waals surface area contributed by atoms with Gasteiger partial charge in [0.2, 0.25) is 0 Å². The van der Waals surface area contributed by atoms with Crippen molar-refractivity contribution < 1.29 is 9.47 Å². The lowest BCUT2D eigenvalue weighted by molar-refractivity contribution is -0.261. The Morgan fingerprint density at radius 3 is 2.40 bits per heavy atom. The fourth-order valence-corrected chi connectivity index (χ4v) is 8.35. The van der Waals surface area contributed by atoms with Crippen LogP contribution in [0.25, 0.3) is 0 Å². The average Bonchev–Trinajstić information content (AvgIpc) is 3.18. The molecule has 1 N–H and O–H groups in total. The van der Waals surface area contributed by atoms with E-state index < -0.39 is 0 Å². The Morgan fingerprint density at radius 2 is 1.64 bits per heavy atom. The minimum atomic E-state index is -0.268. The molecule has 3 heteroatoms. The first-order valence-electron chi connectivity index (χ1n) is 10.8. The van der Waals surface area contributed by atoms with Crippen LogP contribution in [0.5, 0.6) is 0 Å². The first kappa shape index (κ1) is 16.7. The summed E-state index contributed by atoms with van der Waals surface area (Å²) in [5.74, 6) is 3.48. The molecule has 25 heavy (non-hydrogen) atoms. The number of hydrogen-bond donors (Lipinski definition) is 1. The summed E-state index contributed by atoms with van der Waals surface area (Å²) < 4.78 is 12.3. The Kier molecular flexibility index (Phi) is 3.56. The molecule has 0 bridgehead atoms. The first-order valence-corrected chi connectivity index (χ1v) is 10.8. The summed E-state index contributed by atoms with van der Waals surface area (Å²) in [6.45, 7) is 8.99. The second-order valence-corrected chi connectivity index (χ2v) is 10.3. The van der Waals surface area contributed by atoms with Crippen molar-refractivity contribution in [3.63, 3.8) is 0 Å². The molecule has 3 nitrogen and oxygen atoms in total. The molecule has 0 aromatic carbocycles. The third-order valence-electron chi connectivity index (χ3n) is 9.81. The summed E-state index contributed by atoms with van der Waals surface area (Å²) in [6.07, 6.45) is 10.0. The van der Waals surface area contributed by atoms with Crippen LogP contribution in [0.15, 0.2) is 0 Å². The van der Waals surface area contributed by atoms with Crippen molar-refractivity contribution in [3.05, 3.63) is 0 Å². The van der Waals surface area contributed by atoms with E-state index in [1.165, 1.54) is 38.5 Å². The van der Waals surface area contributed by atoms with E-state index >= 15 is 0 Å². The van der Waals surface area contributed by atoms with Gasteiger partial charge in [0.1, 0.15) is 0 Å². The van der Waals surface area contributed by atoms with E-state index in [4.69, 9.17) is 14.9 Å². The van der Waals surface area contributed by atoms with Crippen LogP contribution >= 0.6 is 0 Å². The average molecular weight is 346 g/mol. The largest absolute Gasteiger partial charge is 0.347 e. The van der Waals surface area contributed by atoms with Crippen molar-refractivity contribution in [3.8, 4) is 0 Å². The fraction of sp³-hybridized carbons (Fsp3) is 0.955. The normalized spacial score (nSPS) is 54.2. The van der Waals surface area contributed by atoms with Crippen LogP contribution in [0.1, 0.15) is 72.1 Å². The SMILES string of the molecule is CC1C2CCC3C4CCC(=N)C4(C)CCC3C2(C)CCC12OCCO2. The second kappa shape index (κ2) is 5.32. The molecule has 0 radical (unpaired) electrons. The van der Waals surface area contributed by atoms with Crippen molar-refractivity contribution in [1.29, 1.82) is 5.41 Å². The molecule has 4 aliphatic carbocycles. The zero-order valence-corrected chi connectivity index (χ0v) is 16.3. The molecule has 140 valence electrons. The lowest BCUT2D eigenvalue weighted by atomic mass is 9.43. The van der Waals surface area contributed by atoms with Gasteiger partial charge in [-0.3, -0.25) is 0 Å². The van der Waals surface area contributed by atoms with Crippen molar-refractivity contribution in [2.24, 2.45) is 40.4 Å². The summed E-state index contributed by atoms with van der Waals surface area (Å²) in [6, 6.07) is 0. The van der Waals surface area contributed by atoms with Crippen LogP contribution in [0.2, 0.25) is 0 Å². The number of nitrogens with one attached hydrogen (secondary N) is 1. The van der Waals surface area contributed by atoms with Gasteiger partial charge >= 0.3 is 0 Å². The van der Waals surface area contributed by atoms with E-state index in [1.54, 1.807) is 0 Å². The maximum Gasteiger partial charge on any atom is 0.171 e. The lowest BCUT2D eigenvalue weighted by Gasteiger charge is -2.63. The van der Waals surface area contributed by atoms with Crippen LogP contribution in [0, 0.1) is 45.8 Å².